The maximum absolute atomic E-state index is 9.30. The average molecular weight is 258 g/mol. The molecule has 2 rings (SSSR count). The van der Waals surface area contributed by atoms with Crippen LogP contribution in [0, 0.1) is 18.3 Å². The fraction of sp³-hybridized carbons (Fsp3) is 0.600. The van der Waals surface area contributed by atoms with Crippen molar-refractivity contribution in [2.75, 3.05) is 19.0 Å². The van der Waals surface area contributed by atoms with Crippen molar-refractivity contribution in [1.29, 1.82) is 5.26 Å². The molecule has 1 N–H and O–H groups in total. The maximum atomic E-state index is 9.30. The zero-order valence-electron chi connectivity index (χ0n) is 12.0. The van der Waals surface area contributed by atoms with E-state index in [0.717, 1.165) is 24.2 Å². The topological polar surface area (TPSA) is 52.0 Å². The molecule has 1 aliphatic carbocycles. The summed E-state index contributed by atoms with van der Waals surface area (Å²) < 4.78 is 0. The molecule has 0 spiro atoms. The van der Waals surface area contributed by atoms with Crippen molar-refractivity contribution in [2.45, 2.75) is 44.7 Å². The molecule has 1 aliphatic rings. The van der Waals surface area contributed by atoms with Gasteiger partial charge < -0.3 is 10.2 Å². The van der Waals surface area contributed by atoms with Gasteiger partial charge in [-0.25, -0.2) is 4.98 Å². The molecule has 19 heavy (non-hydrogen) atoms. The summed E-state index contributed by atoms with van der Waals surface area (Å²) in [6.07, 6.45) is 6.49. The lowest BCUT2D eigenvalue weighted by Crippen LogP contribution is -2.40. The van der Waals surface area contributed by atoms with Gasteiger partial charge in [-0.1, -0.05) is 0 Å². The molecule has 1 heterocycles. The van der Waals surface area contributed by atoms with Gasteiger partial charge >= 0.3 is 0 Å². The molecule has 102 valence electrons. The van der Waals surface area contributed by atoms with Crippen LogP contribution in [0.25, 0.3) is 0 Å². The molecule has 1 fully saturated rings. The lowest BCUT2D eigenvalue weighted by Gasteiger charge is -2.35. The molecule has 0 aliphatic heterocycles. The molecule has 4 heteroatoms. The van der Waals surface area contributed by atoms with Gasteiger partial charge in [-0.15, -0.1) is 0 Å². The van der Waals surface area contributed by atoms with Crippen LogP contribution in [0.1, 0.15) is 36.8 Å². The van der Waals surface area contributed by atoms with Crippen LogP contribution in [0.15, 0.2) is 12.3 Å². The number of aryl methyl sites for hydroxylation is 1. The third kappa shape index (κ3) is 2.87. The monoisotopic (exact) mass is 258 g/mol. The Morgan fingerprint density at radius 1 is 1.37 bits per heavy atom. The highest BCUT2D eigenvalue weighted by Gasteiger charge is 2.25. The van der Waals surface area contributed by atoms with Gasteiger partial charge in [0.2, 0.25) is 0 Å². The molecule has 0 amide bonds. The minimum atomic E-state index is 0.492. The molecular weight excluding hydrogens is 236 g/mol. The van der Waals surface area contributed by atoms with Gasteiger partial charge in [0.05, 0.1) is 5.56 Å². The minimum Gasteiger partial charge on any atom is -0.356 e. The van der Waals surface area contributed by atoms with Crippen molar-refractivity contribution < 1.29 is 0 Å². The Hall–Kier alpha value is -1.60. The molecule has 1 aromatic rings. The summed E-state index contributed by atoms with van der Waals surface area (Å²) in [5.74, 6) is 0.829. The Balaban J connectivity index is 2.15. The predicted octanol–water partition coefficient (Wildman–Crippen LogP) is 2.23. The summed E-state index contributed by atoms with van der Waals surface area (Å²) in [4.78, 5) is 6.60. The van der Waals surface area contributed by atoms with E-state index in [0.29, 0.717) is 17.6 Å². The Bertz CT molecular complexity index is 470. The maximum Gasteiger partial charge on any atom is 0.146 e. The molecule has 4 nitrogen and oxygen atoms in total. The Kier molecular flexibility index (Phi) is 4.39. The number of nitrogens with one attached hydrogen (secondary N) is 1. The highest BCUT2D eigenvalue weighted by Crippen LogP contribution is 2.27. The van der Waals surface area contributed by atoms with Gasteiger partial charge in [0.25, 0.3) is 0 Å². The molecule has 0 bridgehead atoms. The number of rotatable bonds is 3. The standard InChI is InChI=1S/C15H22N4/c1-11-8-9-18-15(14(11)10-16)19(3)13-6-4-12(17-2)5-7-13/h8-9,12-13,17H,4-7H2,1-3H3. The second kappa shape index (κ2) is 6.03. The number of hydrogen-bond donors (Lipinski definition) is 1. The molecule has 0 saturated heterocycles. The second-order valence-electron chi connectivity index (χ2n) is 5.34. The quantitative estimate of drug-likeness (QED) is 0.903. The van der Waals surface area contributed by atoms with Crippen molar-refractivity contribution in [3.8, 4) is 6.07 Å². The number of nitrogens with zero attached hydrogens (tertiary/aromatic N) is 3. The van der Waals surface area contributed by atoms with Gasteiger partial charge in [-0.05, 0) is 51.3 Å². The van der Waals surface area contributed by atoms with Crippen molar-refractivity contribution in [2.24, 2.45) is 0 Å². The highest BCUT2D eigenvalue weighted by atomic mass is 15.2. The van der Waals surface area contributed by atoms with E-state index in [1.165, 1.54) is 12.8 Å². The van der Waals surface area contributed by atoms with E-state index >= 15 is 0 Å². The molecule has 0 radical (unpaired) electrons. The number of pyridine rings is 1. The predicted molar refractivity (Wildman–Crippen MR) is 77.2 cm³/mol. The minimum absolute atomic E-state index is 0.492. The summed E-state index contributed by atoms with van der Waals surface area (Å²) >= 11 is 0. The Morgan fingerprint density at radius 3 is 2.63 bits per heavy atom. The van der Waals surface area contributed by atoms with E-state index in [1.54, 1.807) is 6.20 Å². The Labute approximate surface area is 115 Å². The average Bonchev–Trinajstić information content (AvgIpc) is 2.46. The van der Waals surface area contributed by atoms with Crippen LogP contribution in [0.5, 0.6) is 0 Å². The van der Waals surface area contributed by atoms with E-state index in [-0.39, 0.29) is 0 Å². The summed E-state index contributed by atoms with van der Waals surface area (Å²) in [6, 6.07) is 5.32. The molecule has 0 unspecified atom stereocenters. The van der Waals surface area contributed by atoms with Crippen LogP contribution < -0.4 is 10.2 Å². The zero-order chi connectivity index (χ0) is 13.8. The van der Waals surface area contributed by atoms with Gasteiger partial charge in [0, 0.05) is 25.3 Å². The fourth-order valence-electron chi connectivity index (χ4n) is 2.87. The summed E-state index contributed by atoms with van der Waals surface area (Å²) in [7, 11) is 4.09. The van der Waals surface area contributed by atoms with Crippen molar-refractivity contribution in [3.63, 3.8) is 0 Å². The third-order valence-corrected chi connectivity index (χ3v) is 4.24. The van der Waals surface area contributed by atoms with Crippen molar-refractivity contribution in [1.82, 2.24) is 10.3 Å². The molecular formula is C15H22N4. The lowest BCUT2D eigenvalue weighted by atomic mass is 9.90. The van der Waals surface area contributed by atoms with Crippen LogP contribution in [0.2, 0.25) is 0 Å². The number of hydrogen-bond acceptors (Lipinski definition) is 4. The summed E-state index contributed by atoms with van der Waals surface area (Å²) in [6.45, 7) is 1.97. The molecule has 0 aromatic carbocycles. The first kappa shape index (κ1) is 13.8. The second-order valence-corrected chi connectivity index (χ2v) is 5.34. The zero-order valence-corrected chi connectivity index (χ0v) is 12.0. The fourth-order valence-corrected chi connectivity index (χ4v) is 2.87. The first-order valence-corrected chi connectivity index (χ1v) is 6.93. The highest BCUT2D eigenvalue weighted by molar-refractivity contribution is 5.57. The molecule has 1 saturated carbocycles. The Morgan fingerprint density at radius 2 is 2.05 bits per heavy atom. The van der Waals surface area contributed by atoms with E-state index in [9.17, 15) is 5.26 Å². The number of anilines is 1. The van der Waals surface area contributed by atoms with Crippen LogP contribution in [0.3, 0.4) is 0 Å². The van der Waals surface area contributed by atoms with E-state index < -0.39 is 0 Å². The number of aromatic nitrogens is 1. The smallest absolute Gasteiger partial charge is 0.146 e. The molecule has 0 atom stereocenters. The van der Waals surface area contributed by atoms with Gasteiger partial charge in [-0.2, -0.15) is 5.26 Å². The van der Waals surface area contributed by atoms with E-state index in [1.807, 2.05) is 20.0 Å². The lowest BCUT2D eigenvalue weighted by molar-refractivity contribution is 0.350. The third-order valence-electron chi connectivity index (χ3n) is 4.24. The SMILES string of the molecule is CNC1CCC(N(C)c2nccc(C)c2C#N)CC1. The van der Waals surface area contributed by atoms with E-state index in [4.69, 9.17) is 0 Å². The van der Waals surface area contributed by atoms with Gasteiger partial charge in [0.15, 0.2) is 0 Å². The normalized spacial score (nSPS) is 22.8. The van der Waals surface area contributed by atoms with Crippen LogP contribution in [-0.2, 0) is 0 Å². The first-order valence-electron chi connectivity index (χ1n) is 6.93. The van der Waals surface area contributed by atoms with Crippen molar-refractivity contribution in [3.05, 3.63) is 23.4 Å². The van der Waals surface area contributed by atoms with Crippen LogP contribution >= 0.6 is 0 Å². The van der Waals surface area contributed by atoms with Crippen molar-refractivity contribution >= 4 is 5.82 Å². The van der Waals surface area contributed by atoms with E-state index in [2.05, 4.69) is 28.3 Å². The van der Waals surface area contributed by atoms with Crippen LogP contribution in [0.4, 0.5) is 5.82 Å². The summed E-state index contributed by atoms with van der Waals surface area (Å²) in [5, 5.41) is 12.6. The first-order chi connectivity index (χ1) is 9.17. The van der Waals surface area contributed by atoms with Crippen LogP contribution in [-0.4, -0.2) is 31.2 Å². The number of nitriles is 1. The molecule has 1 aromatic heterocycles. The van der Waals surface area contributed by atoms with Gasteiger partial charge in [0.1, 0.15) is 11.9 Å². The largest absolute Gasteiger partial charge is 0.356 e. The summed E-state index contributed by atoms with van der Waals surface area (Å²) in [5.41, 5.74) is 1.71. The van der Waals surface area contributed by atoms with Gasteiger partial charge in [-0.3, -0.25) is 0 Å².